The van der Waals surface area contributed by atoms with E-state index in [2.05, 4.69) is 5.32 Å². The molecule has 0 aliphatic carbocycles. The van der Waals surface area contributed by atoms with E-state index in [1.54, 1.807) is 36.3 Å². The number of carbonyl (C=O) groups is 2. The Hall–Kier alpha value is -2.53. The summed E-state index contributed by atoms with van der Waals surface area (Å²) < 4.78 is 5.43. The van der Waals surface area contributed by atoms with Gasteiger partial charge < -0.3 is 15.0 Å². The molecule has 2 aromatic rings. The Kier molecular flexibility index (Phi) is 6.80. The number of rotatable bonds is 5. The lowest BCUT2D eigenvalue weighted by Crippen LogP contribution is -2.43. The largest absolute Gasteiger partial charge is 0.496 e. The van der Waals surface area contributed by atoms with Crippen LogP contribution in [0, 0.1) is 12.8 Å². The number of hydrogen-bond acceptors (Lipinski definition) is 3. The summed E-state index contributed by atoms with van der Waals surface area (Å²) in [7, 11) is 1.64. The molecule has 0 unspecified atom stereocenters. The van der Waals surface area contributed by atoms with Crippen molar-refractivity contribution in [2.75, 3.05) is 20.2 Å². The Bertz CT molecular complexity index is 874. The average molecular weight is 415 g/mol. The van der Waals surface area contributed by atoms with Gasteiger partial charge in [0.2, 0.25) is 5.91 Å². The number of aryl methyl sites for hydroxylation is 1. The Labute approximate surface area is 177 Å². The Balaban J connectivity index is 1.57. The molecule has 1 atom stereocenters. The van der Waals surface area contributed by atoms with Crippen LogP contribution in [0.1, 0.15) is 47.3 Å². The minimum atomic E-state index is -0.147. The van der Waals surface area contributed by atoms with Gasteiger partial charge >= 0.3 is 0 Å². The standard InChI is InChI=1S/C23H27ClN2O3/c1-15-4-9-21(29-3)20(14-15)16(2)25-22(27)17-10-12-26(13-11-17)23(28)18-5-7-19(24)8-6-18/h4-9,14,16-17H,10-13H2,1-3H3,(H,25,27)/t16-/m1/s1. The molecule has 0 radical (unpaired) electrons. The van der Waals surface area contributed by atoms with E-state index in [-0.39, 0.29) is 23.8 Å². The molecule has 1 N–H and O–H groups in total. The van der Waals surface area contributed by atoms with Gasteiger partial charge in [0.15, 0.2) is 0 Å². The van der Waals surface area contributed by atoms with E-state index in [4.69, 9.17) is 16.3 Å². The zero-order chi connectivity index (χ0) is 21.0. The number of benzene rings is 2. The molecule has 0 saturated carbocycles. The Morgan fingerprint density at radius 1 is 1.14 bits per heavy atom. The van der Waals surface area contributed by atoms with E-state index in [1.807, 2.05) is 32.0 Å². The molecule has 0 bridgehead atoms. The number of carbonyl (C=O) groups excluding carboxylic acids is 2. The summed E-state index contributed by atoms with van der Waals surface area (Å²) in [5.74, 6) is 0.687. The number of methoxy groups -OCH3 is 1. The predicted octanol–water partition coefficient (Wildman–Crippen LogP) is 4.39. The minimum Gasteiger partial charge on any atom is -0.496 e. The molecule has 1 aliphatic heterocycles. The quantitative estimate of drug-likeness (QED) is 0.789. The van der Waals surface area contributed by atoms with Gasteiger partial charge in [0.25, 0.3) is 5.91 Å². The van der Waals surface area contributed by atoms with Crippen molar-refractivity contribution in [3.05, 3.63) is 64.2 Å². The fourth-order valence-electron chi connectivity index (χ4n) is 3.72. The third-order valence-corrected chi connectivity index (χ3v) is 5.71. The van der Waals surface area contributed by atoms with E-state index in [1.165, 1.54) is 0 Å². The second-order valence-electron chi connectivity index (χ2n) is 7.55. The van der Waals surface area contributed by atoms with Crippen molar-refractivity contribution in [1.82, 2.24) is 10.2 Å². The van der Waals surface area contributed by atoms with E-state index in [9.17, 15) is 9.59 Å². The van der Waals surface area contributed by atoms with Crippen LogP contribution in [0.25, 0.3) is 0 Å². The molecular weight excluding hydrogens is 388 g/mol. The minimum absolute atomic E-state index is 0.0154. The molecule has 29 heavy (non-hydrogen) atoms. The third kappa shape index (κ3) is 5.10. The van der Waals surface area contributed by atoms with Crippen LogP contribution in [0.3, 0.4) is 0 Å². The van der Waals surface area contributed by atoms with Gasteiger partial charge in [-0.1, -0.05) is 29.3 Å². The van der Waals surface area contributed by atoms with Crippen molar-refractivity contribution in [2.24, 2.45) is 5.92 Å². The molecule has 2 amide bonds. The smallest absolute Gasteiger partial charge is 0.253 e. The first-order valence-corrected chi connectivity index (χ1v) is 10.3. The maximum absolute atomic E-state index is 12.8. The molecule has 0 aromatic heterocycles. The van der Waals surface area contributed by atoms with E-state index < -0.39 is 0 Å². The van der Waals surface area contributed by atoms with Crippen molar-refractivity contribution in [1.29, 1.82) is 0 Å². The first-order chi connectivity index (χ1) is 13.9. The molecule has 0 spiro atoms. The number of piperidine rings is 1. The van der Waals surface area contributed by atoms with Gasteiger partial charge in [-0.2, -0.15) is 0 Å². The van der Waals surface area contributed by atoms with E-state index in [0.717, 1.165) is 16.9 Å². The molecule has 1 aliphatic rings. The molecule has 3 rings (SSSR count). The maximum Gasteiger partial charge on any atom is 0.253 e. The fraction of sp³-hybridized carbons (Fsp3) is 0.391. The van der Waals surface area contributed by atoms with Crippen molar-refractivity contribution >= 4 is 23.4 Å². The monoisotopic (exact) mass is 414 g/mol. The van der Waals surface area contributed by atoms with Crippen LogP contribution in [-0.4, -0.2) is 36.9 Å². The second kappa shape index (κ2) is 9.31. The highest BCUT2D eigenvalue weighted by molar-refractivity contribution is 6.30. The fourth-order valence-corrected chi connectivity index (χ4v) is 3.85. The molecular formula is C23H27ClN2O3. The Morgan fingerprint density at radius 2 is 1.79 bits per heavy atom. The van der Waals surface area contributed by atoms with E-state index in [0.29, 0.717) is 36.5 Å². The number of nitrogens with zero attached hydrogens (tertiary/aromatic N) is 1. The highest BCUT2D eigenvalue weighted by Crippen LogP contribution is 2.27. The lowest BCUT2D eigenvalue weighted by atomic mass is 9.94. The number of nitrogens with one attached hydrogen (secondary N) is 1. The van der Waals surface area contributed by atoms with Gasteiger partial charge in [-0.15, -0.1) is 0 Å². The highest BCUT2D eigenvalue weighted by Gasteiger charge is 2.29. The lowest BCUT2D eigenvalue weighted by molar-refractivity contribution is -0.127. The molecule has 6 heteroatoms. The predicted molar refractivity (Wildman–Crippen MR) is 114 cm³/mol. The molecule has 5 nitrogen and oxygen atoms in total. The molecule has 1 saturated heterocycles. The van der Waals surface area contributed by atoms with Crippen molar-refractivity contribution < 1.29 is 14.3 Å². The number of hydrogen-bond donors (Lipinski definition) is 1. The SMILES string of the molecule is COc1ccc(C)cc1[C@@H](C)NC(=O)C1CCN(C(=O)c2ccc(Cl)cc2)CC1. The summed E-state index contributed by atoms with van der Waals surface area (Å²) in [6.45, 7) is 5.13. The molecule has 1 fully saturated rings. The van der Waals surface area contributed by atoms with Gasteiger partial charge in [0.05, 0.1) is 13.2 Å². The van der Waals surface area contributed by atoms with Crippen LogP contribution in [0.5, 0.6) is 5.75 Å². The summed E-state index contributed by atoms with van der Waals surface area (Å²) >= 11 is 5.89. The maximum atomic E-state index is 12.8. The highest BCUT2D eigenvalue weighted by atomic mass is 35.5. The van der Waals surface area contributed by atoms with Crippen molar-refractivity contribution in [3.8, 4) is 5.75 Å². The molecule has 154 valence electrons. The number of halogens is 1. The van der Waals surface area contributed by atoms with Crippen LogP contribution in [0.4, 0.5) is 0 Å². The van der Waals surface area contributed by atoms with Gasteiger partial charge in [-0.25, -0.2) is 0 Å². The third-order valence-electron chi connectivity index (χ3n) is 5.45. The summed E-state index contributed by atoms with van der Waals surface area (Å²) in [6, 6.07) is 12.7. The first kappa shape index (κ1) is 21.2. The Morgan fingerprint density at radius 3 is 2.41 bits per heavy atom. The first-order valence-electron chi connectivity index (χ1n) is 9.88. The van der Waals surface area contributed by atoms with Crippen LogP contribution < -0.4 is 10.1 Å². The van der Waals surface area contributed by atoms with Gasteiger partial charge in [-0.3, -0.25) is 9.59 Å². The normalized spacial score (nSPS) is 15.7. The summed E-state index contributed by atoms with van der Waals surface area (Å²) in [5.41, 5.74) is 2.71. The summed E-state index contributed by atoms with van der Waals surface area (Å²) in [6.07, 6.45) is 1.31. The van der Waals surface area contributed by atoms with Crippen LogP contribution in [0.15, 0.2) is 42.5 Å². The average Bonchev–Trinajstić information content (AvgIpc) is 2.73. The van der Waals surface area contributed by atoms with Crippen LogP contribution in [-0.2, 0) is 4.79 Å². The summed E-state index contributed by atoms with van der Waals surface area (Å²) in [4.78, 5) is 27.2. The number of amides is 2. The van der Waals surface area contributed by atoms with Crippen molar-refractivity contribution in [2.45, 2.75) is 32.7 Å². The van der Waals surface area contributed by atoms with Crippen LogP contribution >= 0.6 is 11.6 Å². The molecule has 2 aromatic carbocycles. The topological polar surface area (TPSA) is 58.6 Å². The zero-order valence-electron chi connectivity index (χ0n) is 17.1. The van der Waals surface area contributed by atoms with Gasteiger partial charge in [-0.05, 0) is 57.0 Å². The van der Waals surface area contributed by atoms with Crippen molar-refractivity contribution in [3.63, 3.8) is 0 Å². The lowest BCUT2D eigenvalue weighted by Gasteiger charge is -2.32. The van der Waals surface area contributed by atoms with E-state index >= 15 is 0 Å². The summed E-state index contributed by atoms with van der Waals surface area (Å²) in [5, 5.41) is 3.72. The van der Waals surface area contributed by atoms with Crippen LogP contribution in [0.2, 0.25) is 5.02 Å². The zero-order valence-corrected chi connectivity index (χ0v) is 17.8. The van der Waals surface area contributed by atoms with Gasteiger partial charge in [0, 0.05) is 35.2 Å². The number of ether oxygens (including phenoxy) is 1. The second-order valence-corrected chi connectivity index (χ2v) is 7.99. The molecule has 1 heterocycles. The number of likely N-dealkylation sites (tertiary alicyclic amines) is 1. The van der Waals surface area contributed by atoms with Gasteiger partial charge in [0.1, 0.15) is 5.75 Å².